The van der Waals surface area contributed by atoms with E-state index in [4.69, 9.17) is 4.74 Å². The van der Waals surface area contributed by atoms with Gasteiger partial charge in [0.15, 0.2) is 6.61 Å². The molecule has 0 unspecified atom stereocenters. The molecule has 0 fully saturated rings. The van der Waals surface area contributed by atoms with Crippen LogP contribution in [-0.2, 0) is 9.53 Å². The van der Waals surface area contributed by atoms with Gasteiger partial charge in [-0.25, -0.2) is 13.9 Å². The first kappa shape index (κ1) is 19.6. The largest absolute Gasteiger partial charge is 0.507 e. The molecule has 9 heteroatoms. The van der Waals surface area contributed by atoms with Crippen LogP contribution in [0.15, 0.2) is 53.0 Å². The number of rotatable bonds is 5. The van der Waals surface area contributed by atoms with E-state index in [0.29, 0.717) is 21.7 Å². The summed E-state index contributed by atoms with van der Waals surface area (Å²) in [7, 11) is 0. The summed E-state index contributed by atoms with van der Waals surface area (Å²) in [6.45, 7) is 1.18. The zero-order valence-corrected chi connectivity index (χ0v) is 16.2. The van der Waals surface area contributed by atoms with Crippen LogP contribution in [0.4, 0.5) is 10.2 Å². The SMILES string of the molecule is Cc1cc(NC(=O)COC(=O)c2cc(Br)ccc2O)n(-c2ccc(F)cc2)n1. The Morgan fingerprint density at radius 1 is 1.21 bits per heavy atom. The van der Waals surface area contributed by atoms with Crippen LogP contribution in [0, 0.1) is 12.7 Å². The minimum Gasteiger partial charge on any atom is -0.507 e. The fourth-order valence-electron chi connectivity index (χ4n) is 2.43. The lowest BCUT2D eigenvalue weighted by atomic mass is 10.2. The highest BCUT2D eigenvalue weighted by molar-refractivity contribution is 9.10. The number of anilines is 1. The van der Waals surface area contributed by atoms with E-state index in [1.54, 1.807) is 19.1 Å². The maximum absolute atomic E-state index is 13.1. The van der Waals surface area contributed by atoms with Gasteiger partial charge < -0.3 is 15.2 Å². The highest BCUT2D eigenvalue weighted by Gasteiger charge is 2.16. The van der Waals surface area contributed by atoms with Gasteiger partial charge in [-0.2, -0.15) is 5.10 Å². The second kappa shape index (κ2) is 8.22. The number of aromatic nitrogens is 2. The molecule has 1 aromatic heterocycles. The molecule has 0 aliphatic heterocycles. The van der Waals surface area contributed by atoms with Gasteiger partial charge in [0.25, 0.3) is 5.91 Å². The lowest BCUT2D eigenvalue weighted by Crippen LogP contribution is -2.22. The van der Waals surface area contributed by atoms with E-state index in [1.165, 1.54) is 41.1 Å². The lowest BCUT2D eigenvalue weighted by molar-refractivity contribution is -0.119. The Morgan fingerprint density at radius 2 is 1.93 bits per heavy atom. The van der Waals surface area contributed by atoms with E-state index in [1.807, 2.05) is 0 Å². The molecular weight excluding hydrogens is 433 g/mol. The number of amides is 1. The van der Waals surface area contributed by atoms with Crippen molar-refractivity contribution in [3.8, 4) is 11.4 Å². The van der Waals surface area contributed by atoms with Crippen molar-refractivity contribution in [3.63, 3.8) is 0 Å². The number of hydrogen-bond donors (Lipinski definition) is 2. The minimum atomic E-state index is -0.836. The number of ether oxygens (including phenoxy) is 1. The highest BCUT2D eigenvalue weighted by Crippen LogP contribution is 2.22. The summed E-state index contributed by atoms with van der Waals surface area (Å²) in [6, 6.07) is 11.5. The first-order valence-electron chi connectivity index (χ1n) is 8.11. The maximum Gasteiger partial charge on any atom is 0.342 e. The number of halogens is 2. The number of benzene rings is 2. The Hall–Kier alpha value is -3.20. The third-order valence-electron chi connectivity index (χ3n) is 3.68. The Bertz CT molecular complexity index is 1030. The summed E-state index contributed by atoms with van der Waals surface area (Å²) in [5, 5.41) is 16.6. The number of carbonyl (C=O) groups is 2. The molecule has 1 amide bonds. The quantitative estimate of drug-likeness (QED) is 0.583. The van der Waals surface area contributed by atoms with E-state index < -0.39 is 18.5 Å². The summed E-state index contributed by atoms with van der Waals surface area (Å²) in [4.78, 5) is 24.2. The predicted octanol–water partition coefficient (Wildman–Crippen LogP) is 3.58. The van der Waals surface area contributed by atoms with Crippen LogP contribution in [0.5, 0.6) is 5.75 Å². The summed E-state index contributed by atoms with van der Waals surface area (Å²) in [6.07, 6.45) is 0. The van der Waals surface area contributed by atoms with Crippen molar-refractivity contribution >= 4 is 33.6 Å². The van der Waals surface area contributed by atoms with Gasteiger partial charge in [-0.15, -0.1) is 0 Å². The monoisotopic (exact) mass is 447 g/mol. The molecule has 0 bridgehead atoms. The third-order valence-corrected chi connectivity index (χ3v) is 4.18. The molecule has 0 saturated heterocycles. The molecule has 0 atom stereocenters. The van der Waals surface area contributed by atoms with E-state index >= 15 is 0 Å². The van der Waals surface area contributed by atoms with Crippen molar-refractivity contribution < 1.29 is 23.8 Å². The predicted molar refractivity (Wildman–Crippen MR) is 103 cm³/mol. The topological polar surface area (TPSA) is 93.5 Å². The Morgan fingerprint density at radius 3 is 2.64 bits per heavy atom. The van der Waals surface area contributed by atoms with Gasteiger partial charge in [-0.1, -0.05) is 15.9 Å². The molecule has 7 nitrogen and oxygen atoms in total. The number of hydrogen-bond acceptors (Lipinski definition) is 5. The minimum absolute atomic E-state index is 0.0608. The number of phenols is 1. The van der Waals surface area contributed by atoms with Gasteiger partial charge in [0, 0.05) is 10.5 Å². The second-order valence-electron chi connectivity index (χ2n) is 5.84. The molecule has 0 spiro atoms. The summed E-state index contributed by atoms with van der Waals surface area (Å²) >= 11 is 3.19. The number of aromatic hydroxyl groups is 1. The first-order valence-corrected chi connectivity index (χ1v) is 8.91. The molecule has 3 rings (SSSR count). The molecule has 3 aromatic rings. The van der Waals surface area contributed by atoms with Crippen molar-refractivity contribution in [2.45, 2.75) is 6.92 Å². The molecule has 2 N–H and O–H groups in total. The third kappa shape index (κ3) is 4.55. The van der Waals surface area contributed by atoms with Gasteiger partial charge in [-0.05, 0) is 49.4 Å². The maximum atomic E-state index is 13.1. The molecule has 28 heavy (non-hydrogen) atoms. The zero-order valence-electron chi connectivity index (χ0n) is 14.6. The van der Waals surface area contributed by atoms with Crippen LogP contribution in [0.2, 0.25) is 0 Å². The smallest absolute Gasteiger partial charge is 0.342 e. The number of nitrogens with one attached hydrogen (secondary N) is 1. The van der Waals surface area contributed by atoms with Gasteiger partial charge in [0.05, 0.1) is 11.4 Å². The van der Waals surface area contributed by atoms with E-state index in [9.17, 15) is 19.1 Å². The molecule has 0 saturated carbocycles. The van der Waals surface area contributed by atoms with Crippen LogP contribution in [0.1, 0.15) is 16.1 Å². The van der Waals surface area contributed by atoms with Gasteiger partial charge in [0.1, 0.15) is 22.9 Å². The average molecular weight is 448 g/mol. The summed E-state index contributed by atoms with van der Waals surface area (Å²) < 4.78 is 20.1. The zero-order chi connectivity index (χ0) is 20.3. The second-order valence-corrected chi connectivity index (χ2v) is 6.76. The van der Waals surface area contributed by atoms with Crippen molar-refractivity contribution in [1.82, 2.24) is 9.78 Å². The molecule has 144 valence electrons. The molecule has 0 radical (unpaired) electrons. The molecule has 2 aromatic carbocycles. The van der Waals surface area contributed by atoms with Crippen LogP contribution in [-0.4, -0.2) is 33.4 Å². The Kier molecular flexibility index (Phi) is 5.74. The van der Waals surface area contributed by atoms with Crippen molar-refractivity contribution in [1.29, 1.82) is 0 Å². The van der Waals surface area contributed by atoms with E-state index in [2.05, 4.69) is 26.3 Å². The number of nitrogens with zero attached hydrogens (tertiary/aromatic N) is 2. The van der Waals surface area contributed by atoms with Crippen LogP contribution >= 0.6 is 15.9 Å². The van der Waals surface area contributed by atoms with Crippen LogP contribution in [0.25, 0.3) is 5.69 Å². The molecule has 0 aliphatic rings. The van der Waals surface area contributed by atoms with E-state index in [0.717, 1.165) is 0 Å². The number of carbonyl (C=O) groups excluding carboxylic acids is 2. The summed E-state index contributed by atoms with van der Waals surface area (Å²) in [5.74, 6) is -1.72. The highest BCUT2D eigenvalue weighted by atomic mass is 79.9. The molecular formula is C19H15BrFN3O4. The van der Waals surface area contributed by atoms with Crippen LogP contribution < -0.4 is 5.32 Å². The number of phenolic OH excluding ortho intramolecular Hbond substituents is 1. The normalized spacial score (nSPS) is 10.5. The molecule has 0 aliphatic carbocycles. The van der Waals surface area contributed by atoms with Crippen LogP contribution in [0.3, 0.4) is 0 Å². The molecule has 1 heterocycles. The summed E-state index contributed by atoms with van der Waals surface area (Å²) in [5.41, 5.74) is 1.13. The van der Waals surface area contributed by atoms with Gasteiger partial charge >= 0.3 is 5.97 Å². The van der Waals surface area contributed by atoms with Gasteiger partial charge in [-0.3, -0.25) is 4.79 Å². The van der Waals surface area contributed by atoms with Crippen molar-refractivity contribution in [2.75, 3.05) is 11.9 Å². The fraction of sp³-hybridized carbons (Fsp3) is 0.105. The first-order chi connectivity index (χ1) is 13.3. The average Bonchev–Trinajstić information content (AvgIpc) is 3.02. The Labute approximate surface area is 167 Å². The number of esters is 1. The number of aryl methyl sites for hydroxylation is 1. The van der Waals surface area contributed by atoms with Crippen molar-refractivity contribution in [2.24, 2.45) is 0 Å². The van der Waals surface area contributed by atoms with E-state index in [-0.39, 0.29) is 17.1 Å². The fourth-order valence-corrected chi connectivity index (χ4v) is 2.79. The Balaban J connectivity index is 1.68. The van der Waals surface area contributed by atoms with Crippen molar-refractivity contribution in [3.05, 3.63) is 70.1 Å². The standard InChI is InChI=1S/C19H15BrFN3O4/c1-11-8-17(24(23-11)14-5-3-13(21)4-6-14)22-18(26)10-28-19(27)15-9-12(20)2-7-16(15)25/h2-9,25H,10H2,1H3,(H,22,26). The lowest BCUT2D eigenvalue weighted by Gasteiger charge is -2.10. The van der Waals surface area contributed by atoms with Gasteiger partial charge in [0.2, 0.25) is 0 Å².